The van der Waals surface area contributed by atoms with Gasteiger partial charge < -0.3 is 10.2 Å². The van der Waals surface area contributed by atoms with Gasteiger partial charge in [-0.25, -0.2) is 0 Å². The van der Waals surface area contributed by atoms with E-state index >= 15 is 0 Å². The molecular weight excluding hydrogens is 288 g/mol. The first-order chi connectivity index (χ1) is 11.0. The van der Waals surface area contributed by atoms with E-state index in [1.165, 1.54) is 6.07 Å². The van der Waals surface area contributed by atoms with Crippen LogP contribution in [0.3, 0.4) is 0 Å². The number of phenols is 2. The summed E-state index contributed by atoms with van der Waals surface area (Å²) in [6, 6.07) is 12.6. The van der Waals surface area contributed by atoms with E-state index in [9.17, 15) is 15.0 Å². The molecule has 0 aliphatic rings. The zero-order chi connectivity index (χ0) is 16.8. The molecule has 0 heterocycles. The first-order valence-corrected chi connectivity index (χ1v) is 7.72. The molecule has 0 saturated carbocycles. The zero-order valence-electron chi connectivity index (χ0n) is 13.5. The van der Waals surface area contributed by atoms with Crippen LogP contribution in [0, 0.1) is 0 Å². The third-order valence-corrected chi connectivity index (χ3v) is 3.71. The normalized spacial score (nSPS) is 10.3. The van der Waals surface area contributed by atoms with E-state index in [1.54, 1.807) is 6.07 Å². The van der Waals surface area contributed by atoms with Gasteiger partial charge in [-0.3, -0.25) is 4.79 Å². The Morgan fingerprint density at radius 2 is 1.74 bits per heavy atom. The zero-order valence-corrected chi connectivity index (χ0v) is 13.5. The van der Waals surface area contributed by atoms with E-state index in [1.807, 2.05) is 50.3 Å². The molecule has 0 fully saturated rings. The molecule has 2 aromatic carbocycles. The molecule has 120 valence electrons. The largest absolute Gasteiger partial charge is 0.508 e. The molecule has 3 heteroatoms. The van der Waals surface area contributed by atoms with Crippen molar-refractivity contribution in [1.82, 2.24) is 0 Å². The van der Waals surface area contributed by atoms with Gasteiger partial charge in [0, 0.05) is 12.5 Å². The molecule has 0 atom stereocenters. The van der Waals surface area contributed by atoms with Crippen molar-refractivity contribution in [3.8, 4) is 11.5 Å². The van der Waals surface area contributed by atoms with Crippen LogP contribution in [0.1, 0.15) is 41.8 Å². The molecule has 0 aliphatic heterocycles. The quantitative estimate of drug-likeness (QED) is 0.613. The minimum atomic E-state index is -0.165. The lowest BCUT2D eigenvalue weighted by Gasteiger charge is -2.09. The Labute approximate surface area is 136 Å². The van der Waals surface area contributed by atoms with Crippen molar-refractivity contribution in [2.75, 3.05) is 0 Å². The smallest absolute Gasteiger partial charge is 0.166 e. The summed E-state index contributed by atoms with van der Waals surface area (Å²) in [7, 11) is 0. The highest BCUT2D eigenvalue weighted by Gasteiger charge is 2.15. The van der Waals surface area contributed by atoms with E-state index in [2.05, 4.69) is 0 Å². The average molecular weight is 310 g/mol. The number of Topliss-reactive ketones (excluding diaryl/α,β-unsaturated/α-hetero) is 1. The highest BCUT2D eigenvalue weighted by atomic mass is 16.3. The average Bonchev–Trinajstić information content (AvgIpc) is 2.52. The van der Waals surface area contributed by atoms with Gasteiger partial charge in [0.1, 0.15) is 11.5 Å². The highest BCUT2D eigenvalue weighted by Crippen LogP contribution is 2.29. The van der Waals surface area contributed by atoms with E-state index in [0.717, 1.165) is 11.1 Å². The highest BCUT2D eigenvalue weighted by molar-refractivity contribution is 5.99. The molecule has 0 unspecified atom stereocenters. The van der Waals surface area contributed by atoms with Crippen LogP contribution in [-0.2, 0) is 12.8 Å². The number of allylic oxidation sites excluding steroid dienone is 2. The third kappa shape index (κ3) is 4.71. The van der Waals surface area contributed by atoms with Crippen molar-refractivity contribution in [2.24, 2.45) is 0 Å². The van der Waals surface area contributed by atoms with Gasteiger partial charge in [0.15, 0.2) is 5.78 Å². The van der Waals surface area contributed by atoms with Gasteiger partial charge in [-0.05, 0) is 43.9 Å². The van der Waals surface area contributed by atoms with Gasteiger partial charge in [-0.2, -0.15) is 0 Å². The van der Waals surface area contributed by atoms with Gasteiger partial charge in [0.25, 0.3) is 0 Å². The summed E-state index contributed by atoms with van der Waals surface area (Å²) in [6.45, 7) is 3.95. The Morgan fingerprint density at radius 3 is 2.39 bits per heavy atom. The number of phenolic OH excluding ortho intramolecular Hbond substituents is 2. The SMILES string of the molecule is CC(C)=CCc1cc(C(=O)CCc2ccccc2)c(O)cc1O. The molecule has 0 spiro atoms. The van der Waals surface area contributed by atoms with Crippen LogP contribution in [0.25, 0.3) is 0 Å². The second kappa shape index (κ2) is 7.63. The summed E-state index contributed by atoms with van der Waals surface area (Å²) < 4.78 is 0. The summed E-state index contributed by atoms with van der Waals surface area (Å²) in [5.74, 6) is -0.272. The topological polar surface area (TPSA) is 57.5 Å². The Morgan fingerprint density at radius 1 is 1.04 bits per heavy atom. The van der Waals surface area contributed by atoms with Crippen LogP contribution in [-0.4, -0.2) is 16.0 Å². The fraction of sp³-hybridized carbons (Fsp3) is 0.250. The predicted octanol–water partition coefficient (Wildman–Crippen LogP) is 4.42. The molecular formula is C20H22O3. The molecule has 2 N–H and O–H groups in total. The van der Waals surface area contributed by atoms with Crippen molar-refractivity contribution in [1.29, 1.82) is 0 Å². The fourth-order valence-corrected chi connectivity index (χ4v) is 2.36. The van der Waals surface area contributed by atoms with Crippen molar-refractivity contribution >= 4 is 5.78 Å². The number of hydrogen-bond acceptors (Lipinski definition) is 3. The van der Waals surface area contributed by atoms with Crippen LogP contribution in [0.2, 0.25) is 0 Å². The van der Waals surface area contributed by atoms with Gasteiger partial charge in [-0.15, -0.1) is 0 Å². The predicted molar refractivity (Wildman–Crippen MR) is 92.0 cm³/mol. The number of aryl methyl sites for hydroxylation is 1. The molecule has 0 radical (unpaired) electrons. The Balaban J connectivity index is 2.15. The van der Waals surface area contributed by atoms with Crippen LogP contribution in [0.5, 0.6) is 11.5 Å². The summed E-state index contributed by atoms with van der Waals surface area (Å²) in [6.07, 6.45) is 3.46. The number of carbonyl (C=O) groups excluding carboxylic acids is 1. The van der Waals surface area contributed by atoms with E-state index in [0.29, 0.717) is 24.8 Å². The fourth-order valence-electron chi connectivity index (χ4n) is 2.36. The standard InChI is InChI=1S/C20H22O3/c1-14(2)8-10-16-12-17(20(23)13-19(16)22)18(21)11-9-15-6-4-3-5-7-15/h3-8,12-13,22-23H,9-11H2,1-2H3. The molecule has 0 saturated heterocycles. The maximum atomic E-state index is 12.4. The second-order valence-electron chi connectivity index (χ2n) is 5.89. The number of hydrogen-bond donors (Lipinski definition) is 2. The molecule has 0 bridgehead atoms. The van der Waals surface area contributed by atoms with Gasteiger partial charge >= 0.3 is 0 Å². The van der Waals surface area contributed by atoms with Crippen molar-refractivity contribution in [2.45, 2.75) is 33.1 Å². The molecule has 0 aliphatic carbocycles. The van der Waals surface area contributed by atoms with Crippen molar-refractivity contribution in [3.63, 3.8) is 0 Å². The monoisotopic (exact) mass is 310 g/mol. The summed E-state index contributed by atoms with van der Waals surface area (Å²) >= 11 is 0. The van der Waals surface area contributed by atoms with Gasteiger partial charge in [0.05, 0.1) is 5.56 Å². The summed E-state index contributed by atoms with van der Waals surface area (Å²) in [4.78, 5) is 12.4. The van der Waals surface area contributed by atoms with Crippen LogP contribution in [0.15, 0.2) is 54.1 Å². The minimum absolute atomic E-state index is 0.0135. The summed E-state index contributed by atoms with van der Waals surface area (Å²) in [5.41, 5.74) is 3.14. The van der Waals surface area contributed by atoms with E-state index in [-0.39, 0.29) is 22.8 Å². The van der Waals surface area contributed by atoms with E-state index in [4.69, 9.17) is 0 Å². The molecule has 23 heavy (non-hydrogen) atoms. The maximum Gasteiger partial charge on any atom is 0.166 e. The Bertz CT molecular complexity index is 711. The first kappa shape index (κ1) is 16.8. The lowest BCUT2D eigenvalue weighted by Crippen LogP contribution is -2.03. The lowest BCUT2D eigenvalue weighted by atomic mass is 9.98. The molecule has 0 aromatic heterocycles. The second-order valence-corrected chi connectivity index (χ2v) is 5.89. The number of aromatic hydroxyl groups is 2. The summed E-state index contributed by atoms with van der Waals surface area (Å²) in [5, 5.41) is 19.9. The molecule has 0 amide bonds. The number of benzene rings is 2. The maximum absolute atomic E-state index is 12.4. The van der Waals surface area contributed by atoms with Gasteiger partial charge in [-0.1, -0.05) is 42.0 Å². The Kier molecular flexibility index (Phi) is 5.58. The van der Waals surface area contributed by atoms with Crippen LogP contribution in [0.4, 0.5) is 0 Å². The van der Waals surface area contributed by atoms with Gasteiger partial charge in [0.2, 0.25) is 0 Å². The number of ketones is 1. The van der Waals surface area contributed by atoms with Crippen molar-refractivity contribution in [3.05, 3.63) is 70.8 Å². The lowest BCUT2D eigenvalue weighted by molar-refractivity contribution is 0.0980. The van der Waals surface area contributed by atoms with Crippen LogP contribution >= 0.6 is 0 Å². The first-order valence-electron chi connectivity index (χ1n) is 7.72. The third-order valence-electron chi connectivity index (χ3n) is 3.71. The van der Waals surface area contributed by atoms with Crippen molar-refractivity contribution < 1.29 is 15.0 Å². The van der Waals surface area contributed by atoms with Crippen LogP contribution < -0.4 is 0 Å². The Hall–Kier alpha value is -2.55. The molecule has 3 nitrogen and oxygen atoms in total. The minimum Gasteiger partial charge on any atom is -0.508 e. The molecule has 2 rings (SSSR count). The number of carbonyl (C=O) groups is 1. The van der Waals surface area contributed by atoms with E-state index < -0.39 is 0 Å². The molecule has 2 aromatic rings. The number of rotatable bonds is 6.